The lowest BCUT2D eigenvalue weighted by Crippen LogP contribution is -2.04. The number of nitrogens with zero attached hydrogens (tertiary/aromatic N) is 1. The van der Waals surface area contributed by atoms with Gasteiger partial charge in [0.1, 0.15) is 5.01 Å². The predicted molar refractivity (Wildman–Crippen MR) is 75.6 cm³/mol. The van der Waals surface area contributed by atoms with Gasteiger partial charge in [-0.25, -0.2) is 4.98 Å². The highest BCUT2D eigenvalue weighted by atomic mass is 32.2. The van der Waals surface area contributed by atoms with Gasteiger partial charge in [0.15, 0.2) is 0 Å². The molecule has 1 aromatic carbocycles. The monoisotopic (exact) mass is 264 g/mol. The van der Waals surface area contributed by atoms with Gasteiger partial charge in [-0.3, -0.25) is 0 Å². The van der Waals surface area contributed by atoms with Gasteiger partial charge in [0, 0.05) is 16.3 Å². The summed E-state index contributed by atoms with van der Waals surface area (Å²) in [5.41, 5.74) is 1.16. The Balaban J connectivity index is 1.97. The molecule has 1 aromatic heterocycles. The topological polar surface area (TPSA) is 24.9 Å². The van der Waals surface area contributed by atoms with Gasteiger partial charge in [-0.15, -0.1) is 23.1 Å². The van der Waals surface area contributed by atoms with Crippen molar-refractivity contribution >= 4 is 23.1 Å². The average molecular weight is 264 g/mol. The van der Waals surface area contributed by atoms with E-state index in [-0.39, 0.29) is 0 Å². The molecule has 0 saturated heterocycles. The molecule has 0 atom stereocenters. The maximum atomic E-state index is 4.60. The minimum absolute atomic E-state index is 0.916. The standard InChI is InChI=1S/C13H16N2S2/c1-10-12(8-14-2)17-13(15-10)9-16-11-6-4-3-5-7-11/h3-7,14H,8-9H2,1-2H3. The summed E-state index contributed by atoms with van der Waals surface area (Å²) in [6, 6.07) is 10.5. The normalized spacial score (nSPS) is 10.7. The van der Waals surface area contributed by atoms with Crippen LogP contribution in [0, 0.1) is 6.92 Å². The molecule has 0 saturated carbocycles. The van der Waals surface area contributed by atoms with Crippen molar-refractivity contribution in [2.45, 2.75) is 24.1 Å². The number of thiazole rings is 1. The summed E-state index contributed by atoms with van der Waals surface area (Å²) in [7, 11) is 1.97. The molecule has 2 aromatic rings. The van der Waals surface area contributed by atoms with Crippen molar-refractivity contribution in [3.8, 4) is 0 Å². The number of hydrogen-bond acceptors (Lipinski definition) is 4. The number of aromatic nitrogens is 1. The Kier molecular flexibility index (Phi) is 4.59. The molecule has 0 aliphatic rings. The molecule has 90 valence electrons. The molecule has 0 aliphatic carbocycles. The Bertz CT molecular complexity index is 466. The molecule has 0 bridgehead atoms. The maximum Gasteiger partial charge on any atom is 0.103 e. The minimum atomic E-state index is 0.916. The van der Waals surface area contributed by atoms with Crippen molar-refractivity contribution in [1.29, 1.82) is 0 Å². The Morgan fingerprint density at radius 1 is 1.29 bits per heavy atom. The second-order valence-corrected chi connectivity index (χ2v) is 5.97. The zero-order chi connectivity index (χ0) is 12.1. The summed E-state index contributed by atoms with van der Waals surface area (Å²) in [6.07, 6.45) is 0. The van der Waals surface area contributed by atoms with Crippen molar-refractivity contribution in [2.24, 2.45) is 0 Å². The first-order valence-electron chi connectivity index (χ1n) is 5.57. The van der Waals surface area contributed by atoms with E-state index in [1.165, 1.54) is 14.8 Å². The quantitative estimate of drug-likeness (QED) is 0.837. The van der Waals surface area contributed by atoms with Gasteiger partial charge in [-0.2, -0.15) is 0 Å². The molecule has 0 fully saturated rings. The fourth-order valence-corrected chi connectivity index (χ4v) is 3.53. The number of thioether (sulfide) groups is 1. The summed E-state index contributed by atoms with van der Waals surface area (Å²) >= 11 is 3.65. The van der Waals surface area contributed by atoms with Crippen molar-refractivity contribution in [2.75, 3.05) is 7.05 Å². The van der Waals surface area contributed by atoms with Crippen LogP contribution in [0.3, 0.4) is 0 Å². The first-order valence-corrected chi connectivity index (χ1v) is 7.37. The van der Waals surface area contributed by atoms with Crippen LogP contribution < -0.4 is 5.32 Å². The highest BCUT2D eigenvalue weighted by Crippen LogP contribution is 2.26. The molecule has 0 spiro atoms. The molecule has 1 N–H and O–H groups in total. The number of hydrogen-bond donors (Lipinski definition) is 1. The fraction of sp³-hybridized carbons (Fsp3) is 0.308. The van der Waals surface area contributed by atoms with E-state index in [9.17, 15) is 0 Å². The Labute approximate surface area is 110 Å². The average Bonchev–Trinajstić information content (AvgIpc) is 2.70. The molecule has 17 heavy (non-hydrogen) atoms. The summed E-state index contributed by atoms with van der Waals surface area (Å²) in [5, 5.41) is 4.39. The molecule has 1 heterocycles. The first-order chi connectivity index (χ1) is 8.29. The lowest BCUT2D eigenvalue weighted by atomic mass is 10.4. The van der Waals surface area contributed by atoms with Crippen LogP contribution in [0.2, 0.25) is 0 Å². The van der Waals surface area contributed by atoms with E-state index in [4.69, 9.17) is 0 Å². The zero-order valence-electron chi connectivity index (χ0n) is 10.1. The SMILES string of the molecule is CNCc1sc(CSc2ccccc2)nc1C. The predicted octanol–water partition coefficient (Wildman–Crippen LogP) is 3.46. The van der Waals surface area contributed by atoms with Crippen LogP contribution in [-0.4, -0.2) is 12.0 Å². The summed E-state index contributed by atoms with van der Waals surface area (Å²) in [5.74, 6) is 0.958. The van der Waals surface area contributed by atoms with Crippen LogP contribution in [0.4, 0.5) is 0 Å². The fourth-order valence-electron chi connectivity index (χ4n) is 1.54. The van der Waals surface area contributed by atoms with Gasteiger partial charge >= 0.3 is 0 Å². The summed E-state index contributed by atoms with van der Waals surface area (Å²) in [6.45, 7) is 3.00. The second kappa shape index (κ2) is 6.19. The van der Waals surface area contributed by atoms with Gasteiger partial charge in [-0.1, -0.05) is 18.2 Å². The van der Waals surface area contributed by atoms with Gasteiger partial charge < -0.3 is 5.32 Å². The van der Waals surface area contributed by atoms with Crippen molar-refractivity contribution in [1.82, 2.24) is 10.3 Å². The lowest BCUT2D eigenvalue weighted by Gasteiger charge is -1.97. The van der Waals surface area contributed by atoms with E-state index in [1.807, 2.05) is 36.2 Å². The third-order valence-corrected chi connectivity index (χ3v) is 4.74. The number of aryl methyl sites for hydroxylation is 1. The molecular weight excluding hydrogens is 248 g/mol. The smallest absolute Gasteiger partial charge is 0.103 e. The molecule has 2 rings (SSSR count). The van der Waals surface area contributed by atoms with Gasteiger partial charge in [0.05, 0.1) is 11.4 Å². The Hall–Kier alpha value is -0.840. The Morgan fingerprint density at radius 3 is 2.76 bits per heavy atom. The number of rotatable bonds is 5. The van der Waals surface area contributed by atoms with Crippen LogP contribution in [0.25, 0.3) is 0 Å². The summed E-state index contributed by atoms with van der Waals surface area (Å²) in [4.78, 5) is 7.25. The number of benzene rings is 1. The molecular formula is C13H16N2S2. The lowest BCUT2D eigenvalue weighted by molar-refractivity contribution is 0.822. The molecule has 0 amide bonds. The Morgan fingerprint density at radius 2 is 2.06 bits per heavy atom. The summed E-state index contributed by atoms with van der Waals surface area (Å²) < 4.78 is 0. The maximum absolute atomic E-state index is 4.60. The van der Waals surface area contributed by atoms with E-state index in [0.717, 1.165) is 18.0 Å². The van der Waals surface area contributed by atoms with E-state index < -0.39 is 0 Å². The highest BCUT2D eigenvalue weighted by Gasteiger charge is 2.06. The van der Waals surface area contributed by atoms with Gasteiger partial charge in [0.25, 0.3) is 0 Å². The van der Waals surface area contributed by atoms with Crippen molar-refractivity contribution in [3.63, 3.8) is 0 Å². The van der Waals surface area contributed by atoms with Crippen LogP contribution in [0.15, 0.2) is 35.2 Å². The molecule has 2 nitrogen and oxygen atoms in total. The molecule has 0 radical (unpaired) electrons. The molecule has 0 unspecified atom stereocenters. The van der Waals surface area contributed by atoms with Crippen molar-refractivity contribution in [3.05, 3.63) is 45.9 Å². The second-order valence-electron chi connectivity index (χ2n) is 3.75. The van der Waals surface area contributed by atoms with Gasteiger partial charge in [-0.05, 0) is 26.1 Å². The molecule has 4 heteroatoms. The van der Waals surface area contributed by atoms with Crippen LogP contribution in [0.1, 0.15) is 15.6 Å². The van der Waals surface area contributed by atoms with Crippen LogP contribution >= 0.6 is 23.1 Å². The third kappa shape index (κ3) is 3.56. The third-order valence-electron chi connectivity index (χ3n) is 2.38. The van der Waals surface area contributed by atoms with Crippen LogP contribution in [0.5, 0.6) is 0 Å². The van der Waals surface area contributed by atoms with Crippen molar-refractivity contribution < 1.29 is 0 Å². The van der Waals surface area contributed by atoms with Crippen LogP contribution in [-0.2, 0) is 12.3 Å². The van der Waals surface area contributed by atoms with Gasteiger partial charge in [0.2, 0.25) is 0 Å². The highest BCUT2D eigenvalue weighted by molar-refractivity contribution is 7.98. The van der Waals surface area contributed by atoms with E-state index >= 15 is 0 Å². The molecule has 0 aliphatic heterocycles. The first kappa shape index (κ1) is 12.6. The van der Waals surface area contributed by atoms with E-state index in [1.54, 1.807) is 0 Å². The largest absolute Gasteiger partial charge is 0.315 e. The van der Waals surface area contributed by atoms with E-state index in [2.05, 4.69) is 41.5 Å². The number of nitrogens with one attached hydrogen (secondary N) is 1. The van der Waals surface area contributed by atoms with E-state index in [0.29, 0.717) is 0 Å². The minimum Gasteiger partial charge on any atom is -0.315 e. The zero-order valence-corrected chi connectivity index (χ0v) is 11.7.